The molecule has 0 spiro atoms. The molecule has 2 N–H and O–H groups in total. The van der Waals surface area contributed by atoms with E-state index < -0.39 is 0 Å². The first-order chi connectivity index (χ1) is 9.44. The first-order valence-electron chi connectivity index (χ1n) is 7.17. The van der Waals surface area contributed by atoms with Gasteiger partial charge in [0.05, 0.1) is 17.9 Å². The maximum atomic E-state index is 5.93. The Kier molecular flexibility index (Phi) is 3.30. The van der Waals surface area contributed by atoms with Crippen LogP contribution in [0.2, 0.25) is 0 Å². The molecule has 0 atom stereocenters. The lowest BCUT2D eigenvalue weighted by Crippen LogP contribution is -2.46. The summed E-state index contributed by atoms with van der Waals surface area (Å²) < 4.78 is 5.93. The molecule has 110 valence electrons. The topological polar surface area (TPSA) is 67.5 Å². The van der Waals surface area contributed by atoms with E-state index in [0.717, 1.165) is 49.7 Å². The van der Waals surface area contributed by atoms with E-state index in [1.807, 2.05) is 0 Å². The number of anilines is 2. The van der Waals surface area contributed by atoms with Gasteiger partial charge in [-0.3, -0.25) is 0 Å². The molecular formula is C14H23N5O. The van der Waals surface area contributed by atoms with Crippen LogP contribution in [-0.2, 0) is 17.8 Å². The smallest absolute Gasteiger partial charge is 0.222 e. The quantitative estimate of drug-likeness (QED) is 0.813. The Labute approximate surface area is 119 Å². The third-order valence-electron chi connectivity index (χ3n) is 4.09. The van der Waals surface area contributed by atoms with Crippen LogP contribution in [0.15, 0.2) is 0 Å². The van der Waals surface area contributed by atoms with Crippen molar-refractivity contribution in [1.29, 1.82) is 0 Å². The number of rotatable bonds is 1. The fourth-order valence-corrected chi connectivity index (χ4v) is 2.83. The molecule has 0 radical (unpaired) electrons. The van der Waals surface area contributed by atoms with Crippen LogP contribution in [0.25, 0.3) is 0 Å². The van der Waals surface area contributed by atoms with Gasteiger partial charge in [-0.2, -0.15) is 4.98 Å². The number of nitrogens with zero attached hydrogens (tertiary/aromatic N) is 4. The van der Waals surface area contributed by atoms with Crippen molar-refractivity contribution in [2.75, 3.05) is 43.9 Å². The predicted molar refractivity (Wildman–Crippen MR) is 78.7 cm³/mol. The van der Waals surface area contributed by atoms with Crippen molar-refractivity contribution >= 4 is 11.8 Å². The van der Waals surface area contributed by atoms with Crippen LogP contribution < -0.4 is 10.6 Å². The molecule has 2 aliphatic heterocycles. The minimum atomic E-state index is -0.173. The van der Waals surface area contributed by atoms with Gasteiger partial charge in [0.2, 0.25) is 5.95 Å². The van der Waals surface area contributed by atoms with E-state index in [9.17, 15) is 0 Å². The molecule has 6 nitrogen and oxygen atoms in total. The van der Waals surface area contributed by atoms with Gasteiger partial charge in [0.25, 0.3) is 0 Å². The molecule has 3 heterocycles. The molecule has 1 fully saturated rings. The van der Waals surface area contributed by atoms with E-state index in [4.69, 9.17) is 10.5 Å². The van der Waals surface area contributed by atoms with Gasteiger partial charge in [-0.1, -0.05) is 0 Å². The molecule has 1 saturated heterocycles. The van der Waals surface area contributed by atoms with Crippen molar-refractivity contribution in [1.82, 2.24) is 14.9 Å². The molecule has 0 aromatic carbocycles. The van der Waals surface area contributed by atoms with Gasteiger partial charge in [0.1, 0.15) is 5.82 Å². The van der Waals surface area contributed by atoms with Crippen molar-refractivity contribution in [3.05, 3.63) is 11.3 Å². The normalized spacial score (nSPS) is 22.6. The molecule has 20 heavy (non-hydrogen) atoms. The molecule has 0 amide bonds. The predicted octanol–water partition coefficient (Wildman–Crippen LogP) is 0.662. The fourth-order valence-electron chi connectivity index (χ4n) is 2.83. The largest absolute Gasteiger partial charge is 0.370 e. The minimum Gasteiger partial charge on any atom is -0.370 e. The highest BCUT2D eigenvalue weighted by atomic mass is 16.5. The van der Waals surface area contributed by atoms with Crippen molar-refractivity contribution in [2.24, 2.45) is 0 Å². The molecule has 6 heteroatoms. The first-order valence-corrected chi connectivity index (χ1v) is 7.17. The van der Waals surface area contributed by atoms with Crippen LogP contribution >= 0.6 is 0 Å². The summed E-state index contributed by atoms with van der Waals surface area (Å²) in [5, 5.41) is 0. The molecule has 2 aliphatic rings. The highest BCUT2D eigenvalue weighted by Gasteiger charge is 2.31. The Morgan fingerprint density at radius 2 is 1.85 bits per heavy atom. The maximum absolute atomic E-state index is 5.93. The van der Waals surface area contributed by atoms with Crippen LogP contribution in [0.3, 0.4) is 0 Å². The number of nitrogen functional groups attached to an aromatic ring is 1. The van der Waals surface area contributed by atoms with Gasteiger partial charge in [-0.25, -0.2) is 4.98 Å². The lowest BCUT2D eigenvalue weighted by atomic mass is 9.96. The van der Waals surface area contributed by atoms with Crippen LogP contribution in [0.5, 0.6) is 0 Å². The summed E-state index contributed by atoms with van der Waals surface area (Å²) in [5.74, 6) is 1.34. The van der Waals surface area contributed by atoms with E-state index in [2.05, 4.69) is 40.7 Å². The summed E-state index contributed by atoms with van der Waals surface area (Å²) in [6, 6.07) is 0. The number of hydrogen-bond acceptors (Lipinski definition) is 6. The minimum absolute atomic E-state index is 0.173. The molecule has 0 aliphatic carbocycles. The third kappa shape index (κ3) is 2.58. The van der Waals surface area contributed by atoms with Crippen LogP contribution in [0.4, 0.5) is 11.8 Å². The van der Waals surface area contributed by atoms with Gasteiger partial charge in [-0.15, -0.1) is 0 Å². The second-order valence-electron chi connectivity index (χ2n) is 6.35. The fraction of sp³-hybridized carbons (Fsp3) is 0.714. The van der Waals surface area contributed by atoms with Crippen molar-refractivity contribution < 1.29 is 4.74 Å². The second kappa shape index (κ2) is 4.86. The highest BCUT2D eigenvalue weighted by Crippen LogP contribution is 2.32. The highest BCUT2D eigenvalue weighted by molar-refractivity contribution is 5.53. The number of nitrogens with two attached hydrogens (primary N) is 1. The average Bonchev–Trinajstić information content (AvgIpc) is 2.37. The van der Waals surface area contributed by atoms with Gasteiger partial charge >= 0.3 is 0 Å². The number of hydrogen-bond donors (Lipinski definition) is 1. The summed E-state index contributed by atoms with van der Waals surface area (Å²) in [6.07, 6.45) is 0.787. The molecular weight excluding hydrogens is 254 g/mol. The summed E-state index contributed by atoms with van der Waals surface area (Å²) in [5.41, 5.74) is 7.89. The second-order valence-corrected chi connectivity index (χ2v) is 6.35. The summed E-state index contributed by atoms with van der Waals surface area (Å²) >= 11 is 0. The van der Waals surface area contributed by atoms with Crippen LogP contribution in [0.1, 0.15) is 25.1 Å². The summed E-state index contributed by atoms with van der Waals surface area (Å²) in [6.45, 7) is 8.79. The standard InChI is InChI=1S/C14H23N5O/c1-14(2)8-11-10(9-20-14)12(17-13(15)16-11)19-6-4-18(3)5-7-19/h4-9H2,1-3H3,(H2,15,16,17). The Hall–Kier alpha value is -1.40. The Balaban J connectivity index is 1.94. The number of fused-ring (bicyclic) bond motifs is 1. The average molecular weight is 277 g/mol. The molecule has 1 aromatic rings. The van der Waals surface area contributed by atoms with Crippen LogP contribution in [0, 0.1) is 0 Å². The van der Waals surface area contributed by atoms with E-state index in [1.165, 1.54) is 0 Å². The van der Waals surface area contributed by atoms with Crippen molar-refractivity contribution in [3.63, 3.8) is 0 Å². The number of aromatic nitrogens is 2. The number of piperazine rings is 1. The van der Waals surface area contributed by atoms with Crippen LogP contribution in [-0.4, -0.2) is 53.7 Å². The van der Waals surface area contributed by atoms with E-state index in [0.29, 0.717) is 12.6 Å². The van der Waals surface area contributed by atoms with E-state index in [1.54, 1.807) is 0 Å². The number of likely N-dealkylation sites (N-methyl/N-ethyl adjacent to an activating group) is 1. The zero-order valence-electron chi connectivity index (χ0n) is 12.5. The summed E-state index contributed by atoms with van der Waals surface area (Å²) in [7, 11) is 2.15. The monoisotopic (exact) mass is 277 g/mol. The molecule has 0 saturated carbocycles. The Bertz CT molecular complexity index is 509. The zero-order valence-corrected chi connectivity index (χ0v) is 12.5. The lowest BCUT2D eigenvalue weighted by molar-refractivity contribution is -0.0412. The molecule has 0 bridgehead atoms. The third-order valence-corrected chi connectivity index (χ3v) is 4.09. The maximum Gasteiger partial charge on any atom is 0.222 e. The Morgan fingerprint density at radius 3 is 2.55 bits per heavy atom. The van der Waals surface area contributed by atoms with Gasteiger partial charge in [-0.05, 0) is 20.9 Å². The van der Waals surface area contributed by atoms with E-state index in [-0.39, 0.29) is 5.60 Å². The van der Waals surface area contributed by atoms with Gasteiger partial charge < -0.3 is 20.3 Å². The van der Waals surface area contributed by atoms with Gasteiger partial charge in [0, 0.05) is 38.2 Å². The van der Waals surface area contributed by atoms with Crippen molar-refractivity contribution in [2.45, 2.75) is 32.5 Å². The molecule has 0 unspecified atom stereocenters. The molecule has 3 rings (SSSR count). The van der Waals surface area contributed by atoms with E-state index >= 15 is 0 Å². The number of ether oxygens (including phenoxy) is 1. The zero-order chi connectivity index (χ0) is 14.3. The molecule has 1 aromatic heterocycles. The van der Waals surface area contributed by atoms with Gasteiger partial charge in [0.15, 0.2) is 0 Å². The summed E-state index contributed by atoms with van der Waals surface area (Å²) in [4.78, 5) is 13.5. The Morgan fingerprint density at radius 1 is 1.15 bits per heavy atom. The first kappa shape index (κ1) is 13.6. The lowest BCUT2D eigenvalue weighted by Gasteiger charge is -2.37. The van der Waals surface area contributed by atoms with Crippen molar-refractivity contribution in [3.8, 4) is 0 Å². The SMILES string of the molecule is CN1CCN(c2nc(N)nc3c2COC(C)(C)C3)CC1.